The number of esters is 1. The molecule has 43 heavy (non-hydrogen) atoms. The Kier molecular flexibility index (Phi) is 8.11. The molecule has 2 aromatic heterocycles. The summed E-state index contributed by atoms with van der Waals surface area (Å²) in [5.41, 5.74) is 1.62. The Hall–Kier alpha value is -4.88. The summed E-state index contributed by atoms with van der Waals surface area (Å²) < 4.78 is 87.9. The number of imidazole rings is 1. The van der Waals surface area contributed by atoms with Crippen molar-refractivity contribution >= 4 is 23.6 Å². The lowest BCUT2D eigenvalue weighted by atomic mass is 10.0. The SMILES string of the molecule is CCCOc1ccc(-c2cc(C(C(=O)OC(C)C)n3cnc4c3C=CN(c3cccc(F)c3F)N4)on2)c(C(F)(F)F)c1. The van der Waals surface area contributed by atoms with Gasteiger partial charge in [-0.2, -0.15) is 13.2 Å². The van der Waals surface area contributed by atoms with Crippen molar-refractivity contribution in [1.29, 1.82) is 0 Å². The maximum atomic E-state index is 14.4. The van der Waals surface area contributed by atoms with Gasteiger partial charge in [-0.1, -0.05) is 18.1 Å². The lowest BCUT2D eigenvalue weighted by molar-refractivity contribution is -0.150. The summed E-state index contributed by atoms with van der Waals surface area (Å²) in [6, 6.07) is 7.07. The molecule has 2 aromatic carbocycles. The number of ether oxygens (including phenoxy) is 2. The van der Waals surface area contributed by atoms with E-state index in [-0.39, 0.29) is 40.9 Å². The molecule has 0 bridgehead atoms. The number of hydrogen-bond donors (Lipinski definition) is 1. The van der Waals surface area contributed by atoms with Gasteiger partial charge in [0.1, 0.15) is 17.1 Å². The van der Waals surface area contributed by atoms with Crippen LogP contribution in [0.3, 0.4) is 0 Å². The van der Waals surface area contributed by atoms with E-state index >= 15 is 0 Å². The number of hydrogen-bond acceptors (Lipinski definition) is 8. The molecule has 1 aliphatic heterocycles. The van der Waals surface area contributed by atoms with Crippen LogP contribution in [0.5, 0.6) is 5.75 Å². The van der Waals surface area contributed by atoms with Gasteiger partial charge in [0.05, 0.1) is 30.3 Å². The maximum absolute atomic E-state index is 14.4. The molecule has 14 heteroatoms. The van der Waals surface area contributed by atoms with Crippen LogP contribution in [0.25, 0.3) is 17.3 Å². The monoisotopic (exact) mass is 603 g/mol. The molecular weight excluding hydrogens is 577 g/mol. The number of carbonyl (C=O) groups is 1. The van der Waals surface area contributed by atoms with Crippen molar-refractivity contribution < 1.29 is 40.7 Å². The van der Waals surface area contributed by atoms with E-state index in [9.17, 15) is 26.7 Å². The van der Waals surface area contributed by atoms with Crippen LogP contribution in [-0.4, -0.2) is 33.4 Å². The molecule has 9 nitrogen and oxygen atoms in total. The fraction of sp³-hybridized carbons (Fsp3) is 0.276. The minimum atomic E-state index is -4.73. The Bertz CT molecular complexity index is 1660. The van der Waals surface area contributed by atoms with Gasteiger partial charge in [-0.25, -0.2) is 18.6 Å². The van der Waals surface area contributed by atoms with Crippen LogP contribution >= 0.6 is 0 Å². The standard InChI is InChI=1S/C29H26F5N5O4/c1-4-12-41-17-8-9-18(19(13-17)29(32,33)34)21-14-24(43-37-21)26(28(40)42-16(2)3)38-15-35-27-23(38)10-11-39(36-27)22-7-5-6-20(30)25(22)31/h5-11,13-16,26,36H,4,12H2,1-3H3. The highest BCUT2D eigenvalue weighted by molar-refractivity contribution is 5.80. The molecular formula is C29H26F5N5O4. The molecule has 226 valence electrons. The second-order valence-corrected chi connectivity index (χ2v) is 9.81. The third-order valence-electron chi connectivity index (χ3n) is 6.33. The van der Waals surface area contributed by atoms with Crippen molar-refractivity contribution in [3.63, 3.8) is 0 Å². The summed E-state index contributed by atoms with van der Waals surface area (Å²) in [4.78, 5) is 17.6. The van der Waals surface area contributed by atoms with Crippen LogP contribution in [0.4, 0.5) is 33.5 Å². The molecule has 5 rings (SSSR count). The highest BCUT2D eigenvalue weighted by Crippen LogP contribution is 2.40. The molecule has 1 N–H and O–H groups in total. The number of anilines is 2. The lowest BCUT2D eigenvalue weighted by Crippen LogP contribution is -2.29. The first-order valence-electron chi connectivity index (χ1n) is 13.2. The van der Waals surface area contributed by atoms with Crippen LogP contribution in [0.2, 0.25) is 0 Å². The Balaban J connectivity index is 1.52. The van der Waals surface area contributed by atoms with E-state index in [2.05, 4.69) is 15.6 Å². The van der Waals surface area contributed by atoms with Gasteiger partial charge in [0.2, 0.25) is 0 Å². The number of hydrazine groups is 1. The summed E-state index contributed by atoms with van der Waals surface area (Å²) in [6.45, 7) is 5.35. The fourth-order valence-corrected chi connectivity index (χ4v) is 4.44. The highest BCUT2D eigenvalue weighted by Gasteiger charge is 2.37. The topological polar surface area (TPSA) is 94.7 Å². The van der Waals surface area contributed by atoms with E-state index in [1.807, 2.05) is 6.92 Å². The van der Waals surface area contributed by atoms with Gasteiger partial charge >= 0.3 is 12.1 Å². The quantitative estimate of drug-likeness (QED) is 0.162. The predicted molar refractivity (Wildman–Crippen MR) is 146 cm³/mol. The first-order valence-corrected chi connectivity index (χ1v) is 13.2. The average Bonchev–Trinajstić information content (AvgIpc) is 3.60. The normalized spacial score (nSPS) is 13.6. The van der Waals surface area contributed by atoms with Crippen molar-refractivity contribution in [1.82, 2.24) is 14.7 Å². The molecule has 4 aromatic rings. The van der Waals surface area contributed by atoms with E-state index in [1.54, 1.807) is 13.8 Å². The van der Waals surface area contributed by atoms with E-state index in [0.29, 0.717) is 12.1 Å². The van der Waals surface area contributed by atoms with Crippen molar-refractivity contribution in [3.05, 3.63) is 83.6 Å². The van der Waals surface area contributed by atoms with Crippen molar-refractivity contribution in [3.8, 4) is 17.0 Å². The van der Waals surface area contributed by atoms with Gasteiger partial charge in [-0.15, -0.1) is 0 Å². The van der Waals surface area contributed by atoms with E-state index in [0.717, 1.165) is 12.1 Å². The molecule has 1 unspecified atom stereocenters. The Morgan fingerprint density at radius 3 is 2.65 bits per heavy atom. The van der Waals surface area contributed by atoms with E-state index in [4.69, 9.17) is 14.0 Å². The van der Waals surface area contributed by atoms with Gasteiger partial charge < -0.3 is 18.6 Å². The summed E-state index contributed by atoms with van der Waals surface area (Å²) in [7, 11) is 0. The fourth-order valence-electron chi connectivity index (χ4n) is 4.44. The zero-order valence-corrected chi connectivity index (χ0v) is 23.2. The number of rotatable bonds is 9. The second-order valence-electron chi connectivity index (χ2n) is 9.81. The summed E-state index contributed by atoms with van der Waals surface area (Å²) >= 11 is 0. The van der Waals surface area contributed by atoms with Gasteiger partial charge in [0, 0.05) is 17.8 Å². The van der Waals surface area contributed by atoms with Gasteiger partial charge in [-0.05, 0) is 56.7 Å². The molecule has 0 spiro atoms. The smallest absolute Gasteiger partial charge is 0.417 e. The molecule has 3 heterocycles. The number of halogens is 5. The molecule has 1 aliphatic rings. The number of benzene rings is 2. The maximum Gasteiger partial charge on any atom is 0.417 e. The number of carbonyl (C=O) groups excluding carboxylic acids is 1. The summed E-state index contributed by atoms with van der Waals surface area (Å²) in [5.74, 6) is -2.81. The molecule has 0 amide bonds. The average molecular weight is 604 g/mol. The number of fused-ring (bicyclic) bond motifs is 1. The summed E-state index contributed by atoms with van der Waals surface area (Å²) in [6.07, 6.45) is -0.485. The highest BCUT2D eigenvalue weighted by atomic mass is 19.4. The van der Waals surface area contributed by atoms with Crippen LogP contribution < -0.4 is 15.2 Å². The minimum absolute atomic E-state index is 0.0523. The Morgan fingerprint density at radius 1 is 1.14 bits per heavy atom. The molecule has 0 saturated carbocycles. The van der Waals surface area contributed by atoms with Crippen molar-refractivity contribution in [2.45, 2.75) is 45.5 Å². The summed E-state index contributed by atoms with van der Waals surface area (Å²) in [5, 5.41) is 5.06. The zero-order valence-electron chi connectivity index (χ0n) is 23.2. The zero-order chi connectivity index (χ0) is 30.9. The van der Waals surface area contributed by atoms with Gasteiger partial charge in [-0.3, -0.25) is 10.4 Å². The first kappa shape index (κ1) is 29.6. The van der Waals surface area contributed by atoms with Gasteiger partial charge in [0.25, 0.3) is 0 Å². The first-order chi connectivity index (χ1) is 20.5. The van der Waals surface area contributed by atoms with Crippen LogP contribution in [0.1, 0.15) is 50.3 Å². The van der Waals surface area contributed by atoms with Crippen LogP contribution in [-0.2, 0) is 15.7 Å². The molecule has 0 saturated heterocycles. The van der Waals surface area contributed by atoms with Crippen molar-refractivity contribution in [2.24, 2.45) is 0 Å². The third-order valence-corrected chi connectivity index (χ3v) is 6.33. The number of nitrogens with zero attached hydrogens (tertiary/aromatic N) is 4. The Morgan fingerprint density at radius 2 is 1.93 bits per heavy atom. The minimum Gasteiger partial charge on any atom is -0.494 e. The number of alkyl halides is 3. The second kappa shape index (κ2) is 11.8. The number of aromatic nitrogens is 3. The van der Waals surface area contributed by atoms with E-state index in [1.165, 1.54) is 58.5 Å². The molecule has 1 atom stereocenters. The van der Waals surface area contributed by atoms with Crippen LogP contribution in [0.15, 0.2) is 59.5 Å². The van der Waals surface area contributed by atoms with Crippen molar-refractivity contribution in [2.75, 3.05) is 17.0 Å². The third kappa shape index (κ3) is 6.03. The largest absolute Gasteiger partial charge is 0.494 e. The van der Waals surface area contributed by atoms with E-state index < -0.39 is 41.5 Å². The Labute approximate surface area is 242 Å². The predicted octanol–water partition coefficient (Wildman–Crippen LogP) is 6.98. The van der Waals surface area contributed by atoms with Crippen LogP contribution in [0, 0.1) is 11.6 Å². The molecule has 0 aliphatic carbocycles. The molecule has 0 radical (unpaired) electrons. The lowest BCUT2D eigenvalue weighted by Gasteiger charge is -2.26. The number of nitrogens with one attached hydrogen (secondary N) is 1. The molecule has 0 fully saturated rings. The van der Waals surface area contributed by atoms with Gasteiger partial charge in [0.15, 0.2) is 29.3 Å².